The molecule has 6 N–H and O–H groups in total. The summed E-state index contributed by atoms with van der Waals surface area (Å²) in [6, 6.07) is 12.3. The van der Waals surface area contributed by atoms with Gasteiger partial charge < -0.3 is 36.0 Å². The first-order valence-corrected chi connectivity index (χ1v) is 17.9. The molecule has 1 unspecified atom stereocenters. The first kappa shape index (κ1) is 37.6. The summed E-state index contributed by atoms with van der Waals surface area (Å²) in [5, 5.41) is 8.56. The van der Waals surface area contributed by atoms with Gasteiger partial charge in [0.2, 0.25) is 29.5 Å². The molecule has 2 aliphatic heterocycles. The Labute approximate surface area is 287 Å². The zero-order valence-electron chi connectivity index (χ0n) is 27.9. The SMILES string of the molecule is CN(C)[C@@H](Cc1ccc(O[PH](=O)O)cc1)C(=O)N[C@H]1CCCC[C@H]2CC[C@@H](C(=O)N[C@@H](CCC(N)=O)C(=O)NCc3ccccc3)N2C1=O. The lowest BCUT2D eigenvalue weighted by atomic mass is 9.98. The van der Waals surface area contributed by atoms with E-state index in [9.17, 15) is 28.5 Å². The minimum Gasteiger partial charge on any atom is -0.426 e. The van der Waals surface area contributed by atoms with Crippen molar-refractivity contribution >= 4 is 37.8 Å². The second kappa shape index (κ2) is 17.9. The third-order valence-electron chi connectivity index (χ3n) is 9.06. The molecule has 0 bridgehead atoms. The molecule has 15 heteroatoms. The molecule has 0 radical (unpaired) electrons. The van der Waals surface area contributed by atoms with Gasteiger partial charge in [0.15, 0.2) is 0 Å². The number of likely N-dealkylation sites (N-methyl/N-ethyl adjacent to an activating group) is 1. The first-order chi connectivity index (χ1) is 23.4. The Hall–Kier alpha value is -4.26. The predicted molar refractivity (Wildman–Crippen MR) is 182 cm³/mol. The van der Waals surface area contributed by atoms with Crippen LogP contribution in [0.1, 0.15) is 62.5 Å². The molecule has 2 aromatic carbocycles. The fourth-order valence-corrected chi connectivity index (χ4v) is 6.79. The summed E-state index contributed by atoms with van der Waals surface area (Å²) in [4.78, 5) is 78.6. The highest BCUT2D eigenvalue weighted by Gasteiger charge is 2.45. The molecule has 49 heavy (non-hydrogen) atoms. The van der Waals surface area contributed by atoms with Gasteiger partial charge in [0, 0.05) is 19.0 Å². The number of carbonyl (C=O) groups excluding carboxylic acids is 5. The molecule has 0 spiro atoms. The van der Waals surface area contributed by atoms with Crippen molar-refractivity contribution in [2.75, 3.05) is 14.1 Å². The van der Waals surface area contributed by atoms with Crippen LogP contribution in [0.4, 0.5) is 0 Å². The number of fused-ring (bicyclic) bond motifs is 1. The van der Waals surface area contributed by atoms with Crippen molar-refractivity contribution in [3.63, 3.8) is 0 Å². The fraction of sp³-hybridized carbons (Fsp3) is 0.500. The van der Waals surface area contributed by atoms with Gasteiger partial charge in [0.1, 0.15) is 23.9 Å². The first-order valence-electron chi connectivity index (χ1n) is 16.6. The highest BCUT2D eigenvalue weighted by atomic mass is 31.1. The molecule has 2 heterocycles. The van der Waals surface area contributed by atoms with E-state index in [0.717, 1.165) is 30.4 Å². The summed E-state index contributed by atoms with van der Waals surface area (Å²) in [6.45, 7) is 0.236. The zero-order valence-corrected chi connectivity index (χ0v) is 28.9. The van der Waals surface area contributed by atoms with E-state index in [1.54, 1.807) is 48.2 Å². The van der Waals surface area contributed by atoms with Crippen LogP contribution in [0.2, 0.25) is 0 Å². The number of nitrogens with one attached hydrogen (secondary N) is 3. The average Bonchev–Trinajstić information content (AvgIpc) is 3.48. The lowest BCUT2D eigenvalue weighted by Crippen LogP contribution is -2.59. The van der Waals surface area contributed by atoms with E-state index in [0.29, 0.717) is 25.7 Å². The predicted octanol–water partition coefficient (Wildman–Crippen LogP) is 1.41. The van der Waals surface area contributed by atoms with Crippen LogP contribution in [0, 0.1) is 0 Å². The topological polar surface area (TPSA) is 200 Å². The van der Waals surface area contributed by atoms with Crippen LogP contribution in [0.5, 0.6) is 5.75 Å². The molecular weight excluding hydrogens is 651 g/mol. The fourth-order valence-electron chi connectivity index (χ4n) is 6.45. The maximum absolute atomic E-state index is 14.1. The second-order valence-corrected chi connectivity index (χ2v) is 13.5. The van der Waals surface area contributed by atoms with E-state index in [1.165, 1.54) is 0 Å². The summed E-state index contributed by atoms with van der Waals surface area (Å²) in [7, 11) is 0.393. The molecule has 4 rings (SSSR count). The van der Waals surface area contributed by atoms with Crippen molar-refractivity contribution in [3.05, 3.63) is 65.7 Å². The van der Waals surface area contributed by atoms with Crippen molar-refractivity contribution in [1.29, 1.82) is 0 Å². The Morgan fingerprint density at radius 3 is 2.33 bits per heavy atom. The van der Waals surface area contributed by atoms with E-state index < -0.39 is 50.1 Å². The van der Waals surface area contributed by atoms with Gasteiger partial charge in [-0.25, -0.2) is 4.57 Å². The van der Waals surface area contributed by atoms with Gasteiger partial charge >= 0.3 is 8.25 Å². The summed E-state index contributed by atoms with van der Waals surface area (Å²) < 4.78 is 15.9. The van der Waals surface area contributed by atoms with Crippen molar-refractivity contribution in [2.45, 2.75) is 94.5 Å². The number of nitrogens with zero attached hydrogens (tertiary/aromatic N) is 2. The Kier molecular flexibility index (Phi) is 13.7. The molecule has 2 fully saturated rings. The third kappa shape index (κ3) is 10.9. The van der Waals surface area contributed by atoms with Crippen LogP contribution in [0.25, 0.3) is 0 Å². The van der Waals surface area contributed by atoms with E-state index in [-0.39, 0.29) is 43.0 Å². The molecule has 5 amide bonds. The van der Waals surface area contributed by atoms with Crippen LogP contribution < -0.4 is 26.2 Å². The van der Waals surface area contributed by atoms with Crippen LogP contribution in [-0.4, -0.2) is 88.5 Å². The molecule has 14 nitrogen and oxygen atoms in total. The van der Waals surface area contributed by atoms with E-state index in [1.807, 2.05) is 30.3 Å². The molecular formula is C34H47N6O8P. The highest BCUT2D eigenvalue weighted by Crippen LogP contribution is 2.32. The van der Waals surface area contributed by atoms with Crippen molar-refractivity contribution in [3.8, 4) is 5.75 Å². The molecule has 0 saturated carbocycles. The third-order valence-corrected chi connectivity index (χ3v) is 9.47. The summed E-state index contributed by atoms with van der Waals surface area (Å²) in [5.41, 5.74) is 7.02. The minimum absolute atomic E-state index is 0.00795. The van der Waals surface area contributed by atoms with Crippen LogP contribution in [0.15, 0.2) is 54.6 Å². The molecule has 0 aromatic heterocycles. The Balaban J connectivity index is 1.45. The number of benzene rings is 2. The number of rotatable bonds is 15. The maximum atomic E-state index is 14.1. The summed E-state index contributed by atoms with van der Waals surface area (Å²) in [6.07, 6.45) is 3.93. The van der Waals surface area contributed by atoms with Gasteiger partial charge in [-0.05, 0) is 75.9 Å². The van der Waals surface area contributed by atoms with E-state index >= 15 is 0 Å². The Bertz CT molecular complexity index is 1490. The molecule has 0 aliphatic carbocycles. The van der Waals surface area contributed by atoms with Gasteiger partial charge in [-0.15, -0.1) is 0 Å². The Morgan fingerprint density at radius 1 is 0.980 bits per heavy atom. The molecule has 266 valence electrons. The molecule has 2 aromatic rings. The summed E-state index contributed by atoms with van der Waals surface area (Å²) in [5.74, 6) is -1.99. The van der Waals surface area contributed by atoms with Crippen LogP contribution >= 0.6 is 8.25 Å². The van der Waals surface area contributed by atoms with Crippen LogP contribution in [0.3, 0.4) is 0 Å². The van der Waals surface area contributed by atoms with Gasteiger partial charge in [0.25, 0.3) is 0 Å². The maximum Gasteiger partial charge on any atom is 0.365 e. The second-order valence-electron chi connectivity index (χ2n) is 12.8. The minimum atomic E-state index is -3.14. The number of hydrogen-bond donors (Lipinski definition) is 5. The van der Waals surface area contributed by atoms with Crippen LogP contribution in [-0.2, 0) is 41.5 Å². The highest BCUT2D eigenvalue weighted by molar-refractivity contribution is 7.32. The molecule has 2 aliphatic rings. The lowest BCUT2D eigenvalue weighted by Gasteiger charge is -2.36. The van der Waals surface area contributed by atoms with Gasteiger partial charge in [-0.1, -0.05) is 55.3 Å². The molecule has 6 atom stereocenters. The standard InChI is InChI=1S/C34H47N6O8P/c1-39(2)29(20-22-12-15-25(16-13-22)48-49(46)47)33(44)38-27-11-7-6-10-24-14-18-28(40(24)34(27)45)32(43)37-26(17-19-30(35)41)31(42)36-21-23-8-4-3-5-9-23/h3-5,8-9,12-13,15-16,24,26-29,49H,6-7,10-11,14,17-21H2,1-2H3,(H2,35,41)(H,36,42)(H,37,43)(H,38,44)(H,46,47)/t24-,26-,27-,28-,29-/m0/s1. The number of primary amides is 1. The van der Waals surface area contributed by atoms with Crippen molar-refractivity contribution in [1.82, 2.24) is 25.8 Å². The van der Waals surface area contributed by atoms with Crippen molar-refractivity contribution in [2.24, 2.45) is 5.73 Å². The number of carbonyl (C=O) groups is 5. The summed E-state index contributed by atoms with van der Waals surface area (Å²) >= 11 is 0. The van der Waals surface area contributed by atoms with Crippen molar-refractivity contribution < 1.29 is 38.0 Å². The number of amides is 5. The average molecular weight is 699 g/mol. The van der Waals surface area contributed by atoms with Gasteiger partial charge in [0.05, 0.1) is 6.04 Å². The largest absolute Gasteiger partial charge is 0.426 e. The lowest BCUT2D eigenvalue weighted by molar-refractivity contribution is -0.145. The quantitative estimate of drug-likeness (QED) is 0.171. The van der Waals surface area contributed by atoms with E-state index in [2.05, 4.69) is 16.0 Å². The van der Waals surface area contributed by atoms with E-state index in [4.69, 9.17) is 15.2 Å². The number of hydrogen-bond acceptors (Lipinski definition) is 8. The number of nitrogens with two attached hydrogens (primary N) is 1. The van der Waals surface area contributed by atoms with Gasteiger partial charge in [-0.2, -0.15) is 0 Å². The molecule has 2 saturated heterocycles. The monoisotopic (exact) mass is 698 g/mol. The normalized spacial score (nSPS) is 21.0. The Morgan fingerprint density at radius 2 is 1.67 bits per heavy atom. The zero-order chi connectivity index (χ0) is 35.5. The van der Waals surface area contributed by atoms with Gasteiger partial charge in [-0.3, -0.25) is 28.9 Å². The smallest absolute Gasteiger partial charge is 0.365 e.